The second kappa shape index (κ2) is 50.7. The van der Waals surface area contributed by atoms with Gasteiger partial charge < -0.3 is 15.5 Å². The summed E-state index contributed by atoms with van der Waals surface area (Å²) < 4.78 is 0. The summed E-state index contributed by atoms with van der Waals surface area (Å²) in [7, 11) is 0. The summed E-state index contributed by atoms with van der Waals surface area (Å²) >= 11 is 0. The van der Waals surface area contributed by atoms with Crippen LogP contribution < -0.4 is 5.32 Å². The first-order chi connectivity index (χ1) is 28.7. The fourth-order valence-electron chi connectivity index (χ4n) is 8.95. The molecule has 0 fully saturated rings. The van der Waals surface area contributed by atoms with E-state index in [4.69, 9.17) is 0 Å². The van der Waals surface area contributed by atoms with E-state index in [0.717, 1.165) is 25.7 Å². The molecule has 4 heteroatoms. The third kappa shape index (κ3) is 46.5. The molecule has 348 valence electrons. The topological polar surface area (TPSA) is 69.6 Å². The third-order valence-corrected chi connectivity index (χ3v) is 13.1. The Balaban J connectivity index is 3.38. The van der Waals surface area contributed by atoms with E-state index in [2.05, 4.69) is 19.2 Å². The molecule has 0 saturated carbocycles. The minimum atomic E-state index is -0.654. The van der Waals surface area contributed by atoms with Gasteiger partial charge in [-0.25, -0.2) is 0 Å². The van der Waals surface area contributed by atoms with Crippen molar-refractivity contribution in [2.45, 2.75) is 334 Å². The van der Waals surface area contributed by atoms with Crippen molar-refractivity contribution in [3.8, 4) is 0 Å². The van der Waals surface area contributed by atoms with Gasteiger partial charge in [0.25, 0.3) is 0 Å². The van der Waals surface area contributed by atoms with E-state index in [1.54, 1.807) is 0 Å². The first kappa shape index (κ1) is 57.4. The van der Waals surface area contributed by atoms with E-state index < -0.39 is 12.1 Å². The number of hydrogen-bond donors (Lipinski definition) is 3. The maximum absolute atomic E-state index is 12.5. The number of nitrogens with one attached hydrogen (secondary N) is 1. The average Bonchev–Trinajstić information content (AvgIpc) is 3.23. The van der Waals surface area contributed by atoms with Crippen LogP contribution in [-0.4, -0.2) is 34.9 Å². The summed E-state index contributed by atoms with van der Waals surface area (Å²) in [5.41, 5.74) is 0. The molecule has 58 heavy (non-hydrogen) atoms. The van der Waals surface area contributed by atoms with Crippen LogP contribution in [0, 0.1) is 0 Å². The fourth-order valence-corrected chi connectivity index (χ4v) is 8.95. The van der Waals surface area contributed by atoms with Gasteiger partial charge in [-0.3, -0.25) is 4.79 Å². The van der Waals surface area contributed by atoms with E-state index in [0.29, 0.717) is 12.8 Å². The van der Waals surface area contributed by atoms with Crippen LogP contribution in [0.25, 0.3) is 0 Å². The minimum absolute atomic E-state index is 0.0227. The molecule has 0 aliphatic carbocycles. The van der Waals surface area contributed by atoms with Crippen molar-refractivity contribution < 1.29 is 15.0 Å². The molecule has 0 bridgehead atoms. The van der Waals surface area contributed by atoms with Gasteiger partial charge in [-0.05, 0) is 12.8 Å². The van der Waals surface area contributed by atoms with Crippen molar-refractivity contribution in [2.75, 3.05) is 6.61 Å². The summed E-state index contributed by atoms with van der Waals surface area (Å²) in [5, 5.41) is 23.3. The Bertz CT molecular complexity index is 759. The molecule has 0 heterocycles. The minimum Gasteiger partial charge on any atom is -0.394 e. The predicted octanol–water partition coefficient (Wildman–Crippen LogP) is 17.6. The highest BCUT2D eigenvalue weighted by atomic mass is 16.3. The summed E-state index contributed by atoms with van der Waals surface area (Å²) in [6.07, 6.45) is 63.7. The Hall–Kier alpha value is -0.610. The Labute approximate surface area is 365 Å². The van der Waals surface area contributed by atoms with Crippen LogP contribution in [0.15, 0.2) is 0 Å². The highest BCUT2D eigenvalue weighted by molar-refractivity contribution is 5.76. The van der Waals surface area contributed by atoms with E-state index in [9.17, 15) is 15.0 Å². The SMILES string of the molecule is CCCCCCCCCCCCCCCCCCCCCCCCCCCCCCCC(=O)NC(CO)C(O)CCCCCCCCCCCCCCCCCCC. The molecule has 0 aromatic carbocycles. The number of hydrogen-bond acceptors (Lipinski definition) is 3. The Morgan fingerprint density at radius 1 is 0.345 bits per heavy atom. The average molecular weight is 820 g/mol. The van der Waals surface area contributed by atoms with Crippen LogP contribution in [0.5, 0.6) is 0 Å². The van der Waals surface area contributed by atoms with Crippen molar-refractivity contribution in [3.05, 3.63) is 0 Å². The van der Waals surface area contributed by atoms with Gasteiger partial charge in [0.1, 0.15) is 0 Å². The van der Waals surface area contributed by atoms with Crippen molar-refractivity contribution in [1.82, 2.24) is 5.32 Å². The Morgan fingerprint density at radius 2 is 0.552 bits per heavy atom. The van der Waals surface area contributed by atoms with Crippen molar-refractivity contribution in [1.29, 1.82) is 0 Å². The van der Waals surface area contributed by atoms with Crippen molar-refractivity contribution in [2.24, 2.45) is 0 Å². The number of unbranched alkanes of at least 4 members (excludes halogenated alkanes) is 44. The summed E-state index contributed by atoms with van der Waals surface area (Å²) in [5.74, 6) is -0.0227. The highest BCUT2D eigenvalue weighted by Gasteiger charge is 2.20. The lowest BCUT2D eigenvalue weighted by Crippen LogP contribution is -2.45. The largest absolute Gasteiger partial charge is 0.394 e. The smallest absolute Gasteiger partial charge is 0.220 e. The molecule has 0 saturated heterocycles. The number of carbonyl (C=O) groups is 1. The number of carbonyl (C=O) groups excluding carboxylic acids is 1. The van der Waals surface area contributed by atoms with Gasteiger partial charge in [-0.1, -0.05) is 303 Å². The predicted molar refractivity (Wildman–Crippen MR) is 258 cm³/mol. The number of rotatable bonds is 51. The molecule has 0 aromatic rings. The molecule has 3 N–H and O–H groups in total. The van der Waals surface area contributed by atoms with Crippen LogP contribution in [0.2, 0.25) is 0 Å². The zero-order valence-corrected chi connectivity index (χ0v) is 40.1. The quantitative estimate of drug-likeness (QED) is 0.0536. The second-order valence-corrected chi connectivity index (χ2v) is 19.0. The Kier molecular flexibility index (Phi) is 50.2. The van der Waals surface area contributed by atoms with Gasteiger partial charge in [0.05, 0.1) is 18.8 Å². The Morgan fingerprint density at radius 3 is 0.776 bits per heavy atom. The lowest BCUT2D eigenvalue weighted by molar-refractivity contribution is -0.123. The van der Waals surface area contributed by atoms with E-state index >= 15 is 0 Å². The van der Waals surface area contributed by atoms with Crippen LogP contribution in [0.4, 0.5) is 0 Å². The molecule has 0 spiro atoms. The molecular weight excluding hydrogens is 711 g/mol. The van der Waals surface area contributed by atoms with Crippen LogP contribution >= 0.6 is 0 Å². The van der Waals surface area contributed by atoms with Crippen molar-refractivity contribution >= 4 is 5.91 Å². The molecule has 1 amide bonds. The lowest BCUT2D eigenvalue weighted by atomic mass is 10.0. The van der Waals surface area contributed by atoms with Crippen LogP contribution in [0.3, 0.4) is 0 Å². The molecule has 0 aliphatic heterocycles. The van der Waals surface area contributed by atoms with Crippen LogP contribution in [-0.2, 0) is 4.79 Å². The van der Waals surface area contributed by atoms with Crippen molar-refractivity contribution in [3.63, 3.8) is 0 Å². The van der Waals surface area contributed by atoms with E-state index in [1.165, 1.54) is 270 Å². The molecule has 2 atom stereocenters. The number of amides is 1. The molecular formula is C54H109NO3. The van der Waals surface area contributed by atoms with E-state index in [-0.39, 0.29) is 12.5 Å². The molecule has 0 aromatic heterocycles. The second-order valence-electron chi connectivity index (χ2n) is 19.0. The first-order valence-electron chi connectivity index (χ1n) is 27.2. The van der Waals surface area contributed by atoms with Gasteiger partial charge in [0.2, 0.25) is 5.91 Å². The number of aliphatic hydroxyl groups excluding tert-OH is 2. The highest BCUT2D eigenvalue weighted by Crippen LogP contribution is 2.18. The monoisotopic (exact) mass is 820 g/mol. The van der Waals surface area contributed by atoms with E-state index in [1.807, 2.05) is 0 Å². The number of aliphatic hydroxyl groups is 2. The first-order valence-corrected chi connectivity index (χ1v) is 27.2. The van der Waals surface area contributed by atoms with Crippen LogP contribution in [0.1, 0.15) is 322 Å². The standard InChI is InChI=1S/C54H109NO3/c1-3-5-7-9-11-13-15-17-19-21-22-23-24-25-26-27-28-29-30-31-32-34-36-38-40-42-44-46-48-50-54(58)55-52(51-56)53(57)49-47-45-43-41-39-37-35-33-20-18-16-14-12-10-8-6-4-2/h52-53,56-57H,3-51H2,1-2H3,(H,55,58). The molecule has 0 aliphatic rings. The third-order valence-electron chi connectivity index (χ3n) is 13.1. The fraction of sp³-hybridized carbons (Fsp3) is 0.981. The molecule has 2 unspecified atom stereocenters. The van der Waals surface area contributed by atoms with Gasteiger partial charge in [-0.15, -0.1) is 0 Å². The van der Waals surface area contributed by atoms with Gasteiger partial charge in [-0.2, -0.15) is 0 Å². The molecule has 0 rings (SSSR count). The maximum atomic E-state index is 12.5. The maximum Gasteiger partial charge on any atom is 0.220 e. The lowest BCUT2D eigenvalue weighted by Gasteiger charge is -2.22. The van der Waals surface area contributed by atoms with Gasteiger partial charge in [0, 0.05) is 6.42 Å². The molecule has 0 radical (unpaired) electrons. The summed E-state index contributed by atoms with van der Waals surface area (Å²) in [6.45, 7) is 4.40. The van der Waals surface area contributed by atoms with Gasteiger partial charge in [0.15, 0.2) is 0 Å². The summed E-state index contributed by atoms with van der Waals surface area (Å²) in [6, 6.07) is -0.530. The zero-order chi connectivity index (χ0) is 42.1. The van der Waals surface area contributed by atoms with Gasteiger partial charge >= 0.3 is 0 Å². The molecule has 4 nitrogen and oxygen atoms in total. The normalized spacial score (nSPS) is 12.7. The summed E-state index contributed by atoms with van der Waals surface area (Å²) in [4.78, 5) is 12.5. The zero-order valence-electron chi connectivity index (χ0n) is 40.1.